The number of carbonyl (C=O) groups is 1. The second kappa shape index (κ2) is 7.79. The number of hydrogen-bond donors (Lipinski definition) is 3. The van der Waals surface area contributed by atoms with Crippen molar-refractivity contribution in [3.8, 4) is 0 Å². The first-order valence-electron chi connectivity index (χ1n) is 6.29. The maximum absolute atomic E-state index is 12.0. The number of carbonyl (C=O) groups excluding carboxylic acids is 1. The van der Waals surface area contributed by atoms with E-state index in [9.17, 15) is 18.0 Å². The normalized spacial score (nSPS) is 11.5. The van der Waals surface area contributed by atoms with Crippen LogP contribution >= 0.6 is 23.1 Å². The van der Waals surface area contributed by atoms with E-state index in [4.69, 9.17) is 5.73 Å². The largest absolute Gasteiger partial charge is 0.396 e. The van der Waals surface area contributed by atoms with E-state index in [0.717, 1.165) is 9.90 Å². The van der Waals surface area contributed by atoms with Gasteiger partial charge in [-0.15, -0.1) is 23.1 Å². The van der Waals surface area contributed by atoms with Crippen molar-refractivity contribution >= 4 is 39.7 Å². The Morgan fingerprint density at radius 1 is 1.38 bits per heavy atom. The van der Waals surface area contributed by atoms with Crippen molar-refractivity contribution in [2.75, 3.05) is 30.9 Å². The molecule has 0 unspecified atom stereocenters. The maximum atomic E-state index is 12.0. The molecule has 0 fully saturated rings. The molecule has 0 aliphatic heterocycles. The molecule has 1 aromatic heterocycles. The number of thiophene rings is 1. The summed E-state index contributed by atoms with van der Waals surface area (Å²) in [6.45, 7) is 0.413. The third-order valence-corrected chi connectivity index (χ3v) is 4.83. The van der Waals surface area contributed by atoms with Crippen LogP contribution in [-0.2, 0) is 0 Å². The Balaban J connectivity index is 2.61. The number of rotatable bonds is 7. The van der Waals surface area contributed by atoms with Gasteiger partial charge in [-0.1, -0.05) is 0 Å². The van der Waals surface area contributed by atoms with Gasteiger partial charge in [-0.2, -0.15) is 13.2 Å². The Kier molecular flexibility index (Phi) is 6.66. The minimum absolute atomic E-state index is 0.0776. The number of nitrogens with two attached hydrogens (primary N) is 1. The Morgan fingerprint density at radius 3 is 2.57 bits per heavy atom. The zero-order valence-corrected chi connectivity index (χ0v) is 13.4. The summed E-state index contributed by atoms with van der Waals surface area (Å²) >= 11 is 2.62. The molecule has 4 N–H and O–H groups in total. The summed E-state index contributed by atoms with van der Waals surface area (Å²) < 4.78 is 36.1. The SMILES string of the molecule is CNC(=O)c1sc(NCCCCC(F)(F)F)c(SC)c1N. The van der Waals surface area contributed by atoms with Crippen LogP contribution in [0.4, 0.5) is 23.9 Å². The minimum atomic E-state index is -4.11. The molecule has 1 rings (SSSR count). The fraction of sp³-hybridized carbons (Fsp3) is 0.583. The average molecular weight is 341 g/mol. The number of nitrogens with one attached hydrogen (secondary N) is 2. The van der Waals surface area contributed by atoms with Gasteiger partial charge in [-0.25, -0.2) is 0 Å². The summed E-state index contributed by atoms with van der Waals surface area (Å²) in [5.74, 6) is -0.266. The lowest BCUT2D eigenvalue weighted by atomic mass is 10.2. The maximum Gasteiger partial charge on any atom is 0.389 e. The topological polar surface area (TPSA) is 67.2 Å². The molecule has 9 heteroatoms. The van der Waals surface area contributed by atoms with E-state index >= 15 is 0 Å². The van der Waals surface area contributed by atoms with Crippen LogP contribution < -0.4 is 16.4 Å². The number of nitrogen functional groups attached to an aromatic ring is 1. The van der Waals surface area contributed by atoms with Crippen LogP contribution in [0.3, 0.4) is 0 Å². The molecule has 0 aliphatic carbocycles. The highest BCUT2D eigenvalue weighted by Crippen LogP contribution is 2.41. The summed E-state index contributed by atoms with van der Waals surface area (Å²) in [6.07, 6.45) is -2.57. The second-order valence-corrected chi connectivity index (χ2v) is 6.12. The summed E-state index contributed by atoms with van der Waals surface area (Å²) in [7, 11) is 1.52. The van der Waals surface area contributed by atoms with Gasteiger partial charge < -0.3 is 16.4 Å². The molecule has 1 heterocycles. The van der Waals surface area contributed by atoms with E-state index in [1.165, 1.54) is 30.1 Å². The molecular formula is C12H18F3N3OS2. The smallest absolute Gasteiger partial charge is 0.389 e. The van der Waals surface area contributed by atoms with Crippen LogP contribution in [0.25, 0.3) is 0 Å². The zero-order chi connectivity index (χ0) is 16.0. The van der Waals surface area contributed by atoms with Crippen LogP contribution in [0.5, 0.6) is 0 Å². The predicted molar refractivity (Wildman–Crippen MR) is 82.3 cm³/mol. The lowest BCUT2D eigenvalue weighted by Crippen LogP contribution is -2.17. The molecule has 0 aromatic carbocycles. The van der Waals surface area contributed by atoms with Crippen molar-refractivity contribution in [2.24, 2.45) is 0 Å². The van der Waals surface area contributed by atoms with Crippen LogP contribution in [0.2, 0.25) is 0 Å². The third-order valence-electron chi connectivity index (χ3n) is 2.71. The van der Waals surface area contributed by atoms with Crippen LogP contribution in [0, 0.1) is 0 Å². The van der Waals surface area contributed by atoms with Crippen LogP contribution in [0.1, 0.15) is 28.9 Å². The number of unbranched alkanes of at least 4 members (excludes halogenated alkanes) is 1. The van der Waals surface area contributed by atoms with Gasteiger partial charge in [0.2, 0.25) is 0 Å². The molecule has 0 aliphatic rings. The van der Waals surface area contributed by atoms with Gasteiger partial charge in [0.15, 0.2) is 0 Å². The molecule has 0 bridgehead atoms. The van der Waals surface area contributed by atoms with Gasteiger partial charge in [0.05, 0.1) is 10.6 Å². The first-order chi connectivity index (χ1) is 9.80. The van der Waals surface area contributed by atoms with E-state index in [1.807, 2.05) is 6.26 Å². The van der Waals surface area contributed by atoms with E-state index in [-0.39, 0.29) is 12.3 Å². The number of alkyl halides is 3. The summed E-state index contributed by atoms with van der Waals surface area (Å²) in [5, 5.41) is 6.30. The molecule has 0 atom stereocenters. The van der Waals surface area contributed by atoms with Gasteiger partial charge >= 0.3 is 6.18 Å². The Morgan fingerprint density at radius 2 is 2.05 bits per heavy atom. The van der Waals surface area contributed by atoms with E-state index in [2.05, 4.69) is 10.6 Å². The quantitative estimate of drug-likeness (QED) is 0.524. The molecule has 21 heavy (non-hydrogen) atoms. The highest BCUT2D eigenvalue weighted by molar-refractivity contribution is 7.99. The third kappa shape index (κ3) is 5.31. The fourth-order valence-corrected chi connectivity index (χ4v) is 3.69. The van der Waals surface area contributed by atoms with Crippen molar-refractivity contribution in [2.45, 2.75) is 30.3 Å². The van der Waals surface area contributed by atoms with E-state index in [1.54, 1.807) is 0 Å². The first-order valence-corrected chi connectivity index (χ1v) is 8.33. The Labute approximate surface area is 129 Å². The molecule has 120 valence electrons. The van der Waals surface area contributed by atoms with Crippen molar-refractivity contribution in [1.82, 2.24) is 5.32 Å². The molecule has 1 amide bonds. The zero-order valence-electron chi connectivity index (χ0n) is 11.8. The lowest BCUT2D eigenvalue weighted by molar-refractivity contribution is -0.135. The molecular weight excluding hydrogens is 323 g/mol. The molecule has 0 saturated carbocycles. The molecule has 1 aromatic rings. The summed E-state index contributed by atoms with van der Waals surface area (Å²) in [5.41, 5.74) is 6.33. The van der Waals surface area contributed by atoms with Crippen molar-refractivity contribution in [3.63, 3.8) is 0 Å². The molecule has 4 nitrogen and oxygen atoms in total. The van der Waals surface area contributed by atoms with Gasteiger partial charge in [0, 0.05) is 20.0 Å². The second-order valence-electron chi connectivity index (χ2n) is 4.29. The fourth-order valence-electron chi connectivity index (χ4n) is 1.68. The van der Waals surface area contributed by atoms with Gasteiger partial charge in [-0.3, -0.25) is 4.79 Å². The van der Waals surface area contributed by atoms with Gasteiger partial charge in [0.25, 0.3) is 5.91 Å². The molecule has 0 saturated heterocycles. The highest BCUT2D eigenvalue weighted by atomic mass is 32.2. The number of amides is 1. The average Bonchev–Trinajstić information content (AvgIpc) is 2.72. The van der Waals surface area contributed by atoms with Gasteiger partial charge in [0.1, 0.15) is 9.88 Å². The van der Waals surface area contributed by atoms with Crippen molar-refractivity contribution in [1.29, 1.82) is 0 Å². The first kappa shape index (κ1) is 18.0. The van der Waals surface area contributed by atoms with Crippen molar-refractivity contribution in [3.05, 3.63) is 4.88 Å². The van der Waals surface area contributed by atoms with Crippen LogP contribution in [-0.4, -0.2) is 31.9 Å². The molecule has 0 spiro atoms. The summed E-state index contributed by atoms with van der Waals surface area (Å²) in [6, 6.07) is 0. The summed E-state index contributed by atoms with van der Waals surface area (Å²) in [4.78, 5) is 12.8. The predicted octanol–water partition coefficient (Wildman–Crippen LogP) is 3.56. The lowest BCUT2D eigenvalue weighted by Gasteiger charge is -2.08. The highest BCUT2D eigenvalue weighted by Gasteiger charge is 2.26. The molecule has 0 radical (unpaired) electrons. The van der Waals surface area contributed by atoms with Crippen LogP contribution in [0.15, 0.2) is 4.90 Å². The monoisotopic (exact) mass is 341 g/mol. The Bertz CT molecular complexity index is 489. The number of halogens is 3. The number of thioether (sulfide) groups is 1. The number of hydrogen-bond acceptors (Lipinski definition) is 5. The number of anilines is 2. The van der Waals surface area contributed by atoms with E-state index < -0.39 is 12.6 Å². The van der Waals surface area contributed by atoms with Gasteiger partial charge in [-0.05, 0) is 19.1 Å². The van der Waals surface area contributed by atoms with Crippen molar-refractivity contribution < 1.29 is 18.0 Å². The standard InChI is InChI=1S/C12H18F3N3OS2/c1-17-10(19)8-7(16)9(20-2)11(21-8)18-6-4-3-5-12(13,14)15/h18H,3-6,16H2,1-2H3,(H,17,19). The minimum Gasteiger partial charge on any atom is -0.396 e. The van der Waals surface area contributed by atoms with E-state index in [0.29, 0.717) is 23.5 Å². The Hall–Kier alpha value is -1.09.